The molecular formula is C9H7BrN2O3. The van der Waals surface area contributed by atoms with E-state index in [9.17, 15) is 14.7 Å². The number of halogens is 1. The van der Waals surface area contributed by atoms with Crippen LogP contribution in [-0.2, 0) is 9.59 Å². The van der Waals surface area contributed by atoms with Crippen molar-refractivity contribution in [3.8, 4) is 5.75 Å². The number of Topliss-reactive ketones (excluding diaryl/α,β-unsaturated/α-hetero) is 1. The number of carbonyl (C=O) groups is 2. The molecule has 6 heteroatoms. The topological polar surface area (TPSA) is 70.5 Å². The molecule has 1 aliphatic heterocycles. The molecule has 78 valence electrons. The summed E-state index contributed by atoms with van der Waals surface area (Å²) in [7, 11) is 0. The lowest BCUT2D eigenvalue weighted by atomic mass is 10.3. The van der Waals surface area contributed by atoms with Gasteiger partial charge in [0.05, 0.1) is 13.0 Å². The lowest BCUT2D eigenvalue weighted by Gasteiger charge is -2.14. The average Bonchev–Trinajstić information content (AvgIpc) is 2.45. The maximum absolute atomic E-state index is 11.4. The summed E-state index contributed by atoms with van der Waals surface area (Å²) in [5.74, 6) is -0.476. The highest BCUT2D eigenvalue weighted by atomic mass is 79.9. The Hall–Kier alpha value is -1.43. The van der Waals surface area contributed by atoms with Crippen LogP contribution in [0.25, 0.3) is 0 Å². The third-order valence-electron chi connectivity index (χ3n) is 2.05. The molecular weight excluding hydrogens is 264 g/mol. The van der Waals surface area contributed by atoms with Gasteiger partial charge in [0.15, 0.2) is 17.4 Å². The second kappa shape index (κ2) is 3.62. The summed E-state index contributed by atoms with van der Waals surface area (Å²) in [6.07, 6.45) is 1.35. The summed E-state index contributed by atoms with van der Waals surface area (Å²) < 4.78 is 0.613. The molecule has 5 nitrogen and oxygen atoms in total. The number of rotatable bonds is 1. The molecule has 1 aromatic heterocycles. The zero-order valence-electron chi connectivity index (χ0n) is 7.61. The highest BCUT2D eigenvalue weighted by Crippen LogP contribution is 2.29. The van der Waals surface area contributed by atoms with E-state index in [0.29, 0.717) is 4.47 Å². The molecule has 0 bridgehead atoms. The fourth-order valence-corrected chi connectivity index (χ4v) is 1.73. The zero-order chi connectivity index (χ0) is 11.0. The first-order chi connectivity index (χ1) is 7.08. The minimum atomic E-state index is -0.329. The Morgan fingerprint density at radius 2 is 2.20 bits per heavy atom. The molecule has 2 heterocycles. The van der Waals surface area contributed by atoms with Crippen molar-refractivity contribution in [1.82, 2.24) is 4.98 Å². The summed E-state index contributed by atoms with van der Waals surface area (Å²) >= 11 is 3.14. The van der Waals surface area contributed by atoms with Crippen LogP contribution in [0.2, 0.25) is 0 Å². The molecule has 1 N–H and O–H groups in total. The van der Waals surface area contributed by atoms with Crippen molar-refractivity contribution in [3.05, 3.63) is 16.7 Å². The molecule has 2 rings (SSSR count). The number of hydrogen-bond acceptors (Lipinski definition) is 4. The number of carbonyl (C=O) groups excluding carboxylic acids is 2. The predicted octanol–water partition coefficient (Wildman–Crippen LogP) is 0.855. The molecule has 0 spiro atoms. The van der Waals surface area contributed by atoms with Crippen LogP contribution in [0.3, 0.4) is 0 Å². The van der Waals surface area contributed by atoms with Crippen LogP contribution in [0.5, 0.6) is 5.75 Å². The second-order valence-electron chi connectivity index (χ2n) is 3.19. The van der Waals surface area contributed by atoms with Crippen LogP contribution in [-0.4, -0.2) is 28.3 Å². The summed E-state index contributed by atoms with van der Waals surface area (Å²) in [6, 6.07) is 1.43. The van der Waals surface area contributed by atoms with Crippen molar-refractivity contribution in [2.24, 2.45) is 0 Å². The van der Waals surface area contributed by atoms with Gasteiger partial charge in [-0.05, 0) is 22.0 Å². The molecule has 1 fully saturated rings. The van der Waals surface area contributed by atoms with Gasteiger partial charge in [0.1, 0.15) is 0 Å². The summed E-state index contributed by atoms with van der Waals surface area (Å²) in [5.41, 5.74) is 0. The van der Waals surface area contributed by atoms with Crippen molar-refractivity contribution in [1.29, 1.82) is 0 Å². The molecule has 1 saturated heterocycles. The number of aromatic nitrogens is 1. The average molecular weight is 271 g/mol. The Morgan fingerprint density at radius 3 is 2.73 bits per heavy atom. The van der Waals surface area contributed by atoms with Gasteiger partial charge >= 0.3 is 0 Å². The van der Waals surface area contributed by atoms with Crippen molar-refractivity contribution in [3.63, 3.8) is 0 Å². The summed E-state index contributed by atoms with van der Waals surface area (Å²) in [4.78, 5) is 27.5. The van der Waals surface area contributed by atoms with Gasteiger partial charge in [-0.1, -0.05) is 0 Å². The van der Waals surface area contributed by atoms with Crippen molar-refractivity contribution >= 4 is 33.4 Å². The van der Waals surface area contributed by atoms with Gasteiger partial charge in [0, 0.05) is 10.7 Å². The van der Waals surface area contributed by atoms with Gasteiger partial charge in [-0.2, -0.15) is 0 Å². The monoisotopic (exact) mass is 270 g/mol. The third-order valence-corrected chi connectivity index (χ3v) is 2.49. The fourth-order valence-electron chi connectivity index (χ4n) is 1.41. The Bertz CT molecular complexity index is 447. The molecule has 15 heavy (non-hydrogen) atoms. The van der Waals surface area contributed by atoms with Crippen LogP contribution >= 0.6 is 15.9 Å². The molecule has 1 amide bonds. The number of pyridine rings is 1. The number of amides is 1. The van der Waals surface area contributed by atoms with Gasteiger partial charge in [-0.3, -0.25) is 14.5 Å². The van der Waals surface area contributed by atoms with Crippen molar-refractivity contribution < 1.29 is 14.7 Å². The quantitative estimate of drug-likeness (QED) is 0.769. The Kier molecular flexibility index (Phi) is 2.44. The normalized spacial score (nSPS) is 16.2. The van der Waals surface area contributed by atoms with E-state index >= 15 is 0 Å². The van der Waals surface area contributed by atoms with E-state index in [1.807, 2.05) is 0 Å². The van der Waals surface area contributed by atoms with E-state index in [4.69, 9.17) is 0 Å². The molecule has 1 aromatic rings. The third kappa shape index (κ3) is 1.85. The first-order valence-electron chi connectivity index (χ1n) is 4.24. The largest absolute Gasteiger partial charge is 0.504 e. The van der Waals surface area contributed by atoms with E-state index in [-0.39, 0.29) is 36.2 Å². The first-order valence-corrected chi connectivity index (χ1v) is 5.04. The zero-order valence-corrected chi connectivity index (χ0v) is 9.19. The number of nitrogens with zero attached hydrogens (tertiary/aromatic N) is 2. The Balaban J connectivity index is 2.38. The van der Waals surface area contributed by atoms with E-state index < -0.39 is 0 Å². The molecule has 0 aromatic carbocycles. The van der Waals surface area contributed by atoms with Crippen LogP contribution in [0.1, 0.15) is 6.42 Å². The van der Waals surface area contributed by atoms with Gasteiger partial charge in [0.25, 0.3) is 0 Å². The van der Waals surface area contributed by atoms with Crippen LogP contribution in [0, 0.1) is 0 Å². The predicted molar refractivity (Wildman–Crippen MR) is 55.6 cm³/mol. The first kappa shape index (κ1) is 10.1. The number of hydrogen-bond donors (Lipinski definition) is 1. The molecule has 0 radical (unpaired) electrons. The molecule has 0 atom stereocenters. The molecule has 1 aliphatic rings. The van der Waals surface area contributed by atoms with Crippen LogP contribution in [0.4, 0.5) is 5.82 Å². The highest BCUT2D eigenvalue weighted by Gasteiger charge is 2.31. The van der Waals surface area contributed by atoms with Crippen molar-refractivity contribution in [2.75, 3.05) is 11.4 Å². The minimum absolute atomic E-state index is 0.0129. The maximum atomic E-state index is 11.4. The standard InChI is InChI=1S/C9H7BrN2O3/c10-5-1-7(14)9(11-3-5)12-4-6(13)2-8(12)15/h1,3,14H,2,4H2. The van der Waals surface area contributed by atoms with E-state index in [1.54, 1.807) is 0 Å². The SMILES string of the molecule is O=C1CC(=O)N(c2ncc(Br)cc2O)C1. The maximum Gasteiger partial charge on any atom is 0.236 e. The van der Waals surface area contributed by atoms with E-state index in [0.717, 1.165) is 0 Å². The minimum Gasteiger partial charge on any atom is -0.504 e. The van der Waals surface area contributed by atoms with Gasteiger partial charge < -0.3 is 5.11 Å². The highest BCUT2D eigenvalue weighted by molar-refractivity contribution is 9.10. The van der Waals surface area contributed by atoms with E-state index in [2.05, 4.69) is 20.9 Å². The smallest absolute Gasteiger partial charge is 0.236 e. The molecule has 0 unspecified atom stereocenters. The van der Waals surface area contributed by atoms with Gasteiger partial charge in [0.2, 0.25) is 5.91 Å². The Labute approximate surface area is 93.8 Å². The van der Waals surface area contributed by atoms with E-state index in [1.165, 1.54) is 17.2 Å². The van der Waals surface area contributed by atoms with Crippen LogP contribution < -0.4 is 4.90 Å². The van der Waals surface area contributed by atoms with Crippen LogP contribution in [0.15, 0.2) is 16.7 Å². The molecule has 0 saturated carbocycles. The van der Waals surface area contributed by atoms with Crippen molar-refractivity contribution in [2.45, 2.75) is 6.42 Å². The number of anilines is 1. The molecule has 0 aliphatic carbocycles. The second-order valence-corrected chi connectivity index (χ2v) is 4.11. The summed E-state index contributed by atoms with van der Waals surface area (Å²) in [5, 5.41) is 9.56. The van der Waals surface area contributed by atoms with Gasteiger partial charge in [-0.15, -0.1) is 0 Å². The Morgan fingerprint density at radius 1 is 1.47 bits per heavy atom. The fraction of sp³-hybridized carbons (Fsp3) is 0.222. The number of ketones is 1. The lowest BCUT2D eigenvalue weighted by molar-refractivity contribution is -0.121. The number of aromatic hydroxyl groups is 1. The summed E-state index contributed by atoms with van der Waals surface area (Å²) in [6.45, 7) is -0.0129. The van der Waals surface area contributed by atoms with Gasteiger partial charge in [-0.25, -0.2) is 4.98 Å². The lowest BCUT2D eigenvalue weighted by Crippen LogP contribution is -2.25.